The van der Waals surface area contributed by atoms with Crippen LogP contribution >= 0.6 is 0 Å². The zero-order chi connectivity index (χ0) is 18.2. The second-order valence-corrected chi connectivity index (χ2v) is 5.66. The highest BCUT2D eigenvalue weighted by molar-refractivity contribution is 5.96. The fourth-order valence-corrected chi connectivity index (χ4v) is 2.52. The normalized spacial score (nSPS) is 11.5. The molecule has 26 heavy (non-hydrogen) atoms. The molecule has 1 heterocycles. The Morgan fingerprint density at radius 2 is 1.54 bits per heavy atom. The minimum atomic E-state index is -0.301. The van der Waals surface area contributed by atoms with Gasteiger partial charge in [0, 0.05) is 5.56 Å². The summed E-state index contributed by atoms with van der Waals surface area (Å²) in [6.07, 6.45) is 3.17. The quantitative estimate of drug-likeness (QED) is 0.677. The van der Waals surface area contributed by atoms with E-state index in [9.17, 15) is 9.59 Å². The molecule has 0 fully saturated rings. The standard InChI is InChI=1S/C19H19N5O2/c25-18(13-20-19(26)16-9-5-2-6-10-16)23-17(14-24-21-11-12-22-24)15-7-3-1-4-8-15/h1-12,17H,13-14H2,(H,20,26)(H,23,25). The highest BCUT2D eigenvalue weighted by atomic mass is 16.2. The van der Waals surface area contributed by atoms with Crippen molar-refractivity contribution in [1.82, 2.24) is 25.6 Å². The van der Waals surface area contributed by atoms with Crippen molar-refractivity contribution in [2.24, 2.45) is 0 Å². The number of hydrogen-bond donors (Lipinski definition) is 2. The number of nitrogens with zero attached hydrogens (tertiary/aromatic N) is 3. The number of nitrogens with one attached hydrogen (secondary N) is 2. The number of carbonyl (C=O) groups is 2. The molecule has 0 radical (unpaired) electrons. The van der Waals surface area contributed by atoms with E-state index in [0.717, 1.165) is 5.56 Å². The number of hydrogen-bond acceptors (Lipinski definition) is 4. The van der Waals surface area contributed by atoms with E-state index in [1.165, 1.54) is 4.80 Å². The third kappa shape index (κ3) is 4.76. The lowest BCUT2D eigenvalue weighted by molar-refractivity contribution is -0.121. The van der Waals surface area contributed by atoms with Gasteiger partial charge in [0.25, 0.3) is 5.91 Å². The molecule has 0 spiro atoms. The average molecular weight is 349 g/mol. The van der Waals surface area contributed by atoms with Gasteiger partial charge in [0.1, 0.15) is 0 Å². The highest BCUT2D eigenvalue weighted by Crippen LogP contribution is 2.14. The van der Waals surface area contributed by atoms with Gasteiger partial charge < -0.3 is 10.6 Å². The highest BCUT2D eigenvalue weighted by Gasteiger charge is 2.16. The number of benzene rings is 2. The molecule has 1 unspecified atom stereocenters. The van der Waals surface area contributed by atoms with Crippen LogP contribution in [0.5, 0.6) is 0 Å². The first kappa shape index (κ1) is 17.3. The molecule has 3 aromatic rings. The maximum Gasteiger partial charge on any atom is 0.251 e. The van der Waals surface area contributed by atoms with Crippen LogP contribution in [0.25, 0.3) is 0 Å². The zero-order valence-electron chi connectivity index (χ0n) is 14.1. The second-order valence-electron chi connectivity index (χ2n) is 5.66. The molecular weight excluding hydrogens is 330 g/mol. The molecule has 132 valence electrons. The van der Waals surface area contributed by atoms with Gasteiger partial charge in [0.15, 0.2) is 0 Å². The smallest absolute Gasteiger partial charge is 0.251 e. The van der Waals surface area contributed by atoms with Crippen molar-refractivity contribution in [2.45, 2.75) is 12.6 Å². The van der Waals surface area contributed by atoms with E-state index in [1.807, 2.05) is 36.4 Å². The van der Waals surface area contributed by atoms with Crippen LogP contribution in [0.4, 0.5) is 0 Å². The van der Waals surface area contributed by atoms with E-state index in [1.54, 1.807) is 36.7 Å². The van der Waals surface area contributed by atoms with Crippen molar-refractivity contribution in [3.63, 3.8) is 0 Å². The van der Waals surface area contributed by atoms with Crippen LogP contribution in [0.15, 0.2) is 73.1 Å². The van der Waals surface area contributed by atoms with E-state index >= 15 is 0 Å². The summed E-state index contributed by atoms with van der Waals surface area (Å²) in [5, 5.41) is 13.7. The van der Waals surface area contributed by atoms with Gasteiger partial charge >= 0.3 is 0 Å². The summed E-state index contributed by atoms with van der Waals surface area (Å²) in [5.41, 5.74) is 1.45. The molecule has 0 aliphatic rings. The SMILES string of the molecule is O=C(CNC(=O)c1ccccc1)NC(Cn1nccn1)c1ccccc1. The Bertz CT molecular complexity index is 835. The molecule has 7 nitrogen and oxygen atoms in total. The van der Waals surface area contributed by atoms with Crippen molar-refractivity contribution in [3.05, 3.63) is 84.2 Å². The van der Waals surface area contributed by atoms with Gasteiger partial charge in [-0.25, -0.2) is 0 Å². The fourth-order valence-electron chi connectivity index (χ4n) is 2.52. The molecule has 0 bridgehead atoms. The minimum absolute atomic E-state index is 0.108. The van der Waals surface area contributed by atoms with Crippen LogP contribution < -0.4 is 10.6 Å². The van der Waals surface area contributed by atoms with Crippen LogP contribution in [0.3, 0.4) is 0 Å². The Morgan fingerprint density at radius 1 is 0.923 bits per heavy atom. The lowest BCUT2D eigenvalue weighted by atomic mass is 10.1. The van der Waals surface area contributed by atoms with E-state index in [0.29, 0.717) is 12.1 Å². The Labute approximate surface area is 151 Å². The molecule has 2 amide bonds. The van der Waals surface area contributed by atoms with Crippen LogP contribution in [-0.2, 0) is 11.3 Å². The lowest BCUT2D eigenvalue weighted by Crippen LogP contribution is -2.40. The first-order valence-corrected chi connectivity index (χ1v) is 8.24. The number of aromatic nitrogens is 3. The Kier molecular flexibility index (Phi) is 5.72. The summed E-state index contributed by atoms with van der Waals surface area (Å²) in [6.45, 7) is 0.291. The molecular formula is C19H19N5O2. The van der Waals surface area contributed by atoms with E-state index < -0.39 is 0 Å². The van der Waals surface area contributed by atoms with E-state index in [-0.39, 0.29) is 24.4 Å². The van der Waals surface area contributed by atoms with Gasteiger partial charge in [-0.3, -0.25) is 9.59 Å². The third-order valence-corrected chi connectivity index (χ3v) is 3.80. The molecule has 7 heteroatoms. The predicted octanol–water partition coefficient (Wildman–Crippen LogP) is 1.57. The molecule has 0 aliphatic carbocycles. The zero-order valence-corrected chi connectivity index (χ0v) is 14.1. The van der Waals surface area contributed by atoms with Gasteiger partial charge in [-0.2, -0.15) is 15.0 Å². The van der Waals surface area contributed by atoms with Crippen molar-refractivity contribution < 1.29 is 9.59 Å². The van der Waals surface area contributed by atoms with Crippen molar-refractivity contribution in [3.8, 4) is 0 Å². The summed E-state index contributed by atoms with van der Waals surface area (Å²) in [5.74, 6) is -0.568. The van der Waals surface area contributed by atoms with Crippen molar-refractivity contribution in [1.29, 1.82) is 0 Å². The second kappa shape index (κ2) is 8.57. The Hall–Kier alpha value is -3.48. The molecule has 1 aromatic heterocycles. The summed E-state index contributed by atoms with van der Waals surface area (Å²) in [7, 11) is 0. The first-order chi connectivity index (χ1) is 12.7. The maximum atomic E-state index is 12.3. The van der Waals surface area contributed by atoms with Gasteiger partial charge in [-0.1, -0.05) is 48.5 Å². The molecule has 2 aromatic carbocycles. The largest absolute Gasteiger partial charge is 0.346 e. The molecule has 3 rings (SSSR count). The van der Waals surface area contributed by atoms with E-state index in [2.05, 4.69) is 20.8 Å². The monoisotopic (exact) mass is 349 g/mol. The van der Waals surface area contributed by atoms with Crippen LogP contribution in [-0.4, -0.2) is 33.4 Å². The summed E-state index contributed by atoms with van der Waals surface area (Å²) >= 11 is 0. The Morgan fingerprint density at radius 3 is 2.19 bits per heavy atom. The lowest BCUT2D eigenvalue weighted by Gasteiger charge is -2.19. The number of amides is 2. The van der Waals surface area contributed by atoms with Gasteiger partial charge in [-0.05, 0) is 17.7 Å². The fraction of sp³-hybridized carbons (Fsp3) is 0.158. The summed E-state index contributed by atoms with van der Waals surface area (Å²) in [4.78, 5) is 25.9. The van der Waals surface area contributed by atoms with Crippen LogP contribution in [0, 0.1) is 0 Å². The van der Waals surface area contributed by atoms with Crippen LogP contribution in [0.2, 0.25) is 0 Å². The molecule has 1 atom stereocenters. The average Bonchev–Trinajstić information content (AvgIpc) is 3.20. The predicted molar refractivity (Wildman–Crippen MR) is 96.1 cm³/mol. The number of rotatable bonds is 7. The van der Waals surface area contributed by atoms with Crippen molar-refractivity contribution in [2.75, 3.05) is 6.54 Å². The maximum absolute atomic E-state index is 12.3. The molecule has 0 aliphatic heterocycles. The topological polar surface area (TPSA) is 88.9 Å². The van der Waals surface area contributed by atoms with Crippen molar-refractivity contribution >= 4 is 11.8 Å². The minimum Gasteiger partial charge on any atom is -0.346 e. The first-order valence-electron chi connectivity index (χ1n) is 8.24. The molecule has 0 saturated heterocycles. The number of carbonyl (C=O) groups excluding carboxylic acids is 2. The van der Waals surface area contributed by atoms with Gasteiger partial charge in [0.2, 0.25) is 5.91 Å². The van der Waals surface area contributed by atoms with Crippen LogP contribution in [0.1, 0.15) is 22.0 Å². The molecule has 2 N–H and O–H groups in total. The Balaban J connectivity index is 1.61. The van der Waals surface area contributed by atoms with Gasteiger partial charge in [-0.15, -0.1) is 0 Å². The summed E-state index contributed by atoms with van der Waals surface area (Å²) < 4.78 is 0. The third-order valence-electron chi connectivity index (χ3n) is 3.80. The molecule has 0 saturated carbocycles. The van der Waals surface area contributed by atoms with E-state index in [4.69, 9.17) is 0 Å². The summed E-state index contributed by atoms with van der Waals surface area (Å²) in [6, 6.07) is 18.1. The van der Waals surface area contributed by atoms with Gasteiger partial charge in [0.05, 0.1) is 31.5 Å².